The summed E-state index contributed by atoms with van der Waals surface area (Å²) in [4.78, 5) is 0. The Morgan fingerprint density at radius 1 is 0.818 bits per heavy atom. The Morgan fingerprint density at radius 3 is 1.73 bits per heavy atom. The van der Waals surface area contributed by atoms with Crippen molar-refractivity contribution >= 4 is 10.3 Å². The lowest BCUT2D eigenvalue weighted by atomic mass is 10.0. The molecule has 0 amide bonds. The lowest BCUT2D eigenvalue weighted by Gasteiger charge is -2.23. The summed E-state index contributed by atoms with van der Waals surface area (Å²) < 4.78 is 31.0. The molecule has 0 fully saturated rings. The minimum Gasteiger partial charge on any atom is -0.258 e. The number of nitrogens with one attached hydrogen (secondary N) is 1. The molecule has 5 heteroatoms. The Morgan fingerprint density at radius 2 is 1.27 bits per heavy atom. The maximum absolute atomic E-state index is 11.7. The van der Waals surface area contributed by atoms with Gasteiger partial charge in [-0.3, -0.25) is 4.18 Å². The second-order valence-corrected chi connectivity index (χ2v) is 8.15. The Balaban J connectivity index is 3.49. The van der Waals surface area contributed by atoms with Crippen molar-refractivity contribution in [2.45, 2.75) is 104 Å². The molecule has 1 N–H and O–H groups in total. The molecule has 0 spiro atoms. The monoisotopic (exact) mass is 335 g/mol. The zero-order valence-corrected chi connectivity index (χ0v) is 15.9. The molecule has 22 heavy (non-hydrogen) atoms. The van der Waals surface area contributed by atoms with Crippen LogP contribution in [-0.4, -0.2) is 20.6 Å². The van der Waals surface area contributed by atoms with Crippen LogP contribution in [0.3, 0.4) is 0 Å². The molecule has 4 nitrogen and oxygen atoms in total. The number of rotatable bonds is 15. The van der Waals surface area contributed by atoms with Crippen molar-refractivity contribution in [3.8, 4) is 0 Å². The van der Waals surface area contributed by atoms with E-state index in [1.807, 2.05) is 20.8 Å². The summed E-state index contributed by atoms with van der Waals surface area (Å²) in [5.74, 6) is 0. The number of unbranched alkanes of at least 4 members (excludes halogenated alkanes) is 9. The first-order chi connectivity index (χ1) is 10.3. The lowest BCUT2D eigenvalue weighted by molar-refractivity contribution is 0.286. The average Bonchev–Trinajstić information content (AvgIpc) is 2.43. The van der Waals surface area contributed by atoms with Crippen molar-refractivity contribution in [3.05, 3.63) is 0 Å². The predicted molar refractivity (Wildman–Crippen MR) is 94.2 cm³/mol. The van der Waals surface area contributed by atoms with Crippen LogP contribution in [0.1, 0.15) is 98.3 Å². The largest absolute Gasteiger partial charge is 0.336 e. The highest BCUT2D eigenvalue weighted by molar-refractivity contribution is 7.84. The summed E-state index contributed by atoms with van der Waals surface area (Å²) in [5, 5.41) is 0. The molecule has 0 aliphatic carbocycles. The van der Waals surface area contributed by atoms with Crippen LogP contribution >= 0.6 is 0 Å². The van der Waals surface area contributed by atoms with Crippen LogP contribution in [0.2, 0.25) is 0 Å². The molecule has 0 radical (unpaired) electrons. The van der Waals surface area contributed by atoms with Gasteiger partial charge in [0, 0.05) is 5.54 Å². The zero-order valence-electron chi connectivity index (χ0n) is 15.1. The first-order valence-electron chi connectivity index (χ1n) is 9.01. The van der Waals surface area contributed by atoms with E-state index in [9.17, 15) is 8.42 Å². The maximum atomic E-state index is 11.7. The van der Waals surface area contributed by atoms with Crippen molar-refractivity contribution in [2.24, 2.45) is 0 Å². The van der Waals surface area contributed by atoms with E-state index in [0.29, 0.717) is 0 Å². The smallest absolute Gasteiger partial charge is 0.258 e. The molecule has 0 saturated carbocycles. The summed E-state index contributed by atoms with van der Waals surface area (Å²) in [7, 11) is -3.61. The van der Waals surface area contributed by atoms with Crippen molar-refractivity contribution < 1.29 is 12.6 Å². The Hall–Kier alpha value is -0.130. The molecule has 0 aliphatic heterocycles. The molecule has 0 aromatic rings. The van der Waals surface area contributed by atoms with E-state index in [2.05, 4.69) is 11.6 Å². The summed E-state index contributed by atoms with van der Waals surface area (Å²) >= 11 is 0. The third-order valence-electron chi connectivity index (χ3n) is 4.02. The number of hydrogen-bond acceptors (Lipinski definition) is 3. The molecule has 0 atom stereocenters. The Bertz CT molecular complexity index is 353. The minimum absolute atomic E-state index is 0.283. The highest BCUT2D eigenvalue weighted by atomic mass is 32.2. The maximum Gasteiger partial charge on any atom is 0.336 e. The third-order valence-corrected chi connectivity index (χ3v) is 5.30. The van der Waals surface area contributed by atoms with E-state index in [1.54, 1.807) is 0 Å². The minimum atomic E-state index is -3.61. The molecule has 0 bridgehead atoms. The fraction of sp³-hybridized carbons (Fsp3) is 1.00. The first-order valence-corrected chi connectivity index (χ1v) is 10.4. The van der Waals surface area contributed by atoms with Gasteiger partial charge in [0.05, 0.1) is 6.61 Å². The normalized spacial score (nSPS) is 12.7. The lowest BCUT2D eigenvalue weighted by Crippen LogP contribution is -2.43. The second kappa shape index (κ2) is 12.3. The van der Waals surface area contributed by atoms with Crippen LogP contribution in [0.4, 0.5) is 0 Å². The molecule has 0 aliphatic rings. The topological polar surface area (TPSA) is 55.4 Å². The highest BCUT2D eigenvalue weighted by Gasteiger charge is 2.23. The SMILES string of the molecule is CCCCCCCCCCCCOS(=O)(=O)NC(C)(C)CC. The van der Waals surface area contributed by atoms with Gasteiger partial charge in [0.2, 0.25) is 0 Å². The highest BCUT2D eigenvalue weighted by Crippen LogP contribution is 2.12. The third kappa shape index (κ3) is 13.5. The molecule has 0 aromatic carbocycles. The van der Waals surface area contributed by atoms with E-state index in [0.717, 1.165) is 19.3 Å². The van der Waals surface area contributed by atoms with E-state index < -0.39 is 15.8 Å². The van der Waals surface area contributed by atoms with Gasteiger partial charge in [-0.2, -0.15) is 13.1 Å². The summed E-state index contributed by atoms with van der Waals surface area (Å²) in [5.41, 5.74) is -0.448. The van der Waals surface area contributed by atoms with E-state index >= 15 is 0 Å². The van der Waals surface area contributed by atoms with Crippen molar-refractivity contribution in [1.82, 2.24) is 4.72 Å². The van der Waals surface area contributed by atoms with Gasteiger partial charge in [-0.15, -0.1) is 0 Å². The first kappa shape index (κ1) is 21.9. The van der Waals surface area contributed by atoms with Gasteiger partial charge in [-0.05, 0) is 26.7 Å². The van der Waals surface area contributed by atoms with Crippen LogP contribution in [0.15, 0.2) is 0 Å². The molecule has 0 unspecified atom stereocenters. The van der Waals surface area contributed by atoms with Crippen molar-refractivity contribution in [1.29, 1.82) is 0 Å². The molecule has 0 heterocycles. The van der Waals surface area contributed by atoms with Gasteiger partial charge < -0.3 is 0 Å². The molecule has 0 aromatic heterocycles. The standard InChI is InChI=1S/C17H37NO3S/c1-5-7-8-9-10-11-12-13-14-15-16-21-22(19,20)18-17(3,4)6-2/h18H,5-16H2,1-4H3. The van der Waals surface area contributed by atoms with Gasteiger partial charge in [0.15, 0.2) is 0 Å². The van der Waals surface area contributed by atoms with Gasteiger partial charge in [-0.25, -0.2) is 0 Å². The fourth-order valence-electron chi connectivity index (χ4n) is 2.20. The van der Waals surface area contributed by atoms with Crippen LogP contribution in [0.5, 0.6) is 0 Å². The Labute approximate surface area is 138 Å². The van der Waals surface area contributed by atoms with Crippen LogP contribution in [-0.2, 0) is 14.5 Å². The van der Waals surface area contributed by atoms with Crippen LogP contribution in [0.25, 0.3) is 0 Å². The van der Waals surface area contributed by atoms with Gasteiger partial charge >= 0.3 is 10.3 Å². The summed E-state index contributed by atoms with van der Waals surface area (Å²) in [6.45, 7) is 8.18. The molecule has 134 valence electrons. The predicted octanol–water partition coefficient (Wildman–Crippen LogP) is 4.95. The molecule has 0 saturated heterocycles. The average molecular weight is 336 g/mol. The van der Waals surface area contributed by atoms with Gasteiger partial charge in [0.1, 0.15) is 0 Å². The van der Waals surface area contributed by atoms with Crippen molar-refractivity contribution in [3.63, 3.8) is 0 Å². The van der Waals surface area contributed by atoms with Crippen LogP contribution < -0.4 is 4.72 Å². The second-order valence-electron chi connectivity index (χ2n) is 6.80. The van der Waals surface area contributed by atoms with E-state index in [4.69, 9.17) is 4.18 Å². The number of hydrogen-bond donors (Lipinski definition) is 1. The summed E-state index contributed by atoms with van der Waals surface area (Å²) in [6.07, 6.45) is 13.0. The molecular weight excluding hydrogens is 298 g/mol. The summed E-state index contributed by atoms with van der Waals surface area (Å²) in [6, 6.07) is 0. The van der Waals surface area contributed by atoms with Gasteiger partial charge in [-0.1, -0.05) is 71.6 Å². The van der Waals surface area contributed by atoms with Crippen molar-refractivity contribution in [2.75, 3.05) is 6.61 Å². The molecular formula is C17H37NO3S. The Kier molecular flexibility index (Phi) is 12.2. The van der Waals surface area contributed by atoms with Gasteiger partial charge in [0.25, 0.3) is 0 Å². The fourth-order valence-corrected chi connectivity index (χ4v) is 3.42. The molecule has 0 rings (SSSR count). The zero-order chi connectivity index (χ0) is 16.9. The quantitative estimate of drug-likeness (QED) is 0.431. The van der Waals surface area contributed by atoms with Crippen LogP contribution in [0, 0.1) is 0 Å². The van der Waals surface area contributed by atoms with E-state index in [1.165, 1.54) is 51.4 Å². The van der Waals surface area contributed by atoms with E-state index in [-0.39, 0.29) is 6.61 Å².